The van der Waals surface area contributed by atoms with Gasteiger partial charge in [-0.25, -0.2) is 9.37 Å². The highest BCUT2D eigenvalue weighted by Crippen LogP contribution is 2.21. The number of hydrogen-bond donors (Lipinski definition) is 0. The van der Waals surface area contributed by atoms with Gasteiger partial charge in [-0.3, -0.25) is 0 Å². The van der Waals surface area contributed by atoms with Gasteiger partial charge in [-0.15, -0.1) is 0 Å². The van der Waals surface area contributed by atoms with Crippen molar-refractivity contribution < 1.29 is 14.0 Å². The molecule has 1 aromatic heterocycles. The van der Waals surface area contributed by atoms with E-state index < -0.39 is 0 Å². The van der Waals surface area contributed by atoms with Gasteiger partial charge in [-0.2, -0.15) is 9.59 Å². The highest BCUT2D eigenvalue weighted by molar-refractivity contribution is 9.10. The lowest BCUT2D eigenvalue weighted by Crippen LogP contribution is -2.01. The van der Waals surface area contributed by atoms with Crippen LogP contribution in [0.1, 0.15) is 25.4 Å². The second-order valence-corrected chi connectivity index (χ2v) is 4.82. The second kappa shape index (κ2) is 7.72. The van der Waals surface area contributed by atoms with Crippen LogP contribution in [0.4, 0.5) is 4.39 Å². The fourth-order valence-electron chi connectivity index (χ4n) is 1.78. The highest BCUT2D eigenvalue weighted by Gasteiger charge is 2.11. The van der Waals surface area contributed by atoms with E-state index in [0.717, 1.165) is 28.8 Å². The molecule has 2 aromatic rings. The van der Waals surface area contributed by atoms with Gasteiger partial charge in [0.05, 0.1) is 11.4 Å². The molecule has 0 aliphatic heterocycles. The minimum Gasteiger partial charge on any atom is -0.301 e. The van der Waals surface area contributed by atoms with E-state index in [1.165, 1.54) is 6.07 Å². The fraction of sp³-hybridized carbons (Fsp3) is 0.286. The number of halogens is 2. The van der Waals surface area contributed by atoms with Gasteiger partial charge in [0.15, 0.2) is 0 Å². The zero-order chi connectivity index (χ0) is 15.1. The van der Waals surface area contributed by atoms with E-state index in [-0.39, 0.29) is 12.0 Å². The summed E-state index contributed by atoms with van der Waals surface area (Å²) >= 11 is 3.26. The average molecular weight is 341 g/mol. The first-order chi connectivity index (χ1) is 9.57. The van der Waals surface area contributed by atoms with Crippen LogP contribution in [-0.4, -0.2) is 15.7 Å². The number of imidazole rings is 1. The maximum absolute atomic E-state index is 13.9. The number of nitrogens with zero attached hydrogens (tertiary/aromatic N) is 2. The number of carbonyl (C=O) groups excluding carboxylic acids is 2. The lowest BCUT2D eigenvalue weighted by atomic mass is 10.3. The average Bonchev–Trinajstić information content (AvgIpc) is 2.83. The summed E-state index contributed by atoms with van der Waals surface area (Å²) < 4.78 is 16.5. The van der Waals surface area contributed by atoms with E-state index in [0.29, 0.717) is 5.69 Å². The highest BCUT2D eigenvalue weighted by atomic mass is 79.9. The monoisotopic (exact) mass is 340 g/mol. The molecule has 0 aliphatic rings. The Balaban J connectivity index is 0.000000612. The number of aryl methyl sites for hydroxylation is 2. The van der Waals surface area contributed by atoms with Crippen LogP contribution >= 0.6 is 15.9 Å². The maximum Gasteiger partial charge on any atom is 0.373 e. The summed E-state index contributed by atoms with van der Waals surface area (Å²) in [4.78, 5) is 20.7. The topological polar surface area (TPSA) is 52.0 Å². The summed E-state index contributed by atoms with van der Waals surface area (Å²) in [6.07, 6.45) is 3.80. The molecule has 0 unspecified atom stereocenters. The summed E-state index contributed by atoms with van der Waals surface area (Å²) in [7, 11) is 0. The van der Waals surface area contributed by atoms with Gasteiger partial charge in [-0.05, 0) is 24.6 Å². The van der Waals surface area contributed by atoms with Gasteiger partial charge in [-0.1, -0.05) is 29.8 Å². The summed E-state index contributed by atoms with van der Waals surface area (Å²) in [6.45, 7) is 4.07. The summed E-state index contributed by atoms with van der Waals surface area (Å²) in [5, 5.41) is 0. The summed E-state index contributed by atoms with van der Waals surface area (Å²) in [5.41, 5.74) is 1.54. The predicted molar refractivity (Wildman–Crippen MR) is 75.0 cm³/mol. The summed E-state index contributed by atoms with van der Waals surface area (Å²) in [6, 6.07) is 5.07. The lowest BCUT2D eigenvalue weighted by molar-refractivity contribution is -0.191. The molecule has 0 radical (unpaired) electrons. The molecule has 0 spiro atoms. The largest absolute Gasteiger partial charge is 0.373 e. The van der Waals surface area contributed by atoms with Crippen LogP contribution in [0.2, 0.25) is 0 Å². The molecule has 0 amide bonds. The lowest BCUT2D eigenvalue weighted by Gasteiger charge is -2.07. The first-order valence-corrected chi connectivity index (χ1v) is 6.88. The molecule has 20 heavy (non-hydrogen) atoms. The van der Waals surface area contributed by atoms with Crippen molar-refractivity contribution in [2.24, 2.45) is 0 Å². The molecule has 4 nitrogen and oxygen atoms in total. The van der Waals surface area contributed by atoms with Crippen molar-refractivity contribution >= 4 is 22.1 Å². The van der Waals surface area contributed by atoms with Gasteiger partial charge >= 0.3 is 6.15 Å². The Morgan fingerprint density at radius 2 is 1.95 bits per heavy atom. The Morgan fingerprint density at radius 3 is 2.45 bits per heavy atom. The number of aromatic nitrogens is 2. The van der Waals surface area contributed by atoms with E-state index in [1.807, 2.05) is 30.7 Å². The first kappa shape index (κ1) is 16.3. The third-order valence-corrected chi connectivity index (χ3v) is 3.17. The molecule has 106 valence electrons. The molecular weight excluding hydrogens is 327 g/mol. The third kappa shape index (κ3) is 3.85. The van der Waals surface area contributed by atoms with Crippen molar-refractivity contribution in [3.8, 4) is 5.69 Å². The van der Waals surface area contributed by atoms with Crippen LogP contribution < -0.4 is 0 Å². The van der Waals surface area contributed by atoms with Crippen LogP contribution in [-0.2, 0) is 22.4 Å². The minimum atomic E-state index is -0.242. The Bertz CT molecular complexity index is 620. The normalized spacial score (nSPS) is 9.60. The van der Waals surface area contributed by atoms with E-state index >= 15 is 0 Å². The van der Waals surface area contributed by atoms with Crippen LogP contribution in [0.3, 0.4) is 0 Å². The summed E-state index contributed by atoms with van der Waals surface area (Å²) in [5.74, 6) is 0.650. The van der Waals surface area contributed by atoms with Gasteiger partial charge in [0.25, 0.3) is 0 Å². The van der Waals surface area contributed by atoms with Crippen molar-refractivity contribution in [1.82, 2.24) is 9.55 Å². The van der Waals surface area contributed by atoms with Gasteiger partial charge in [0.2, 0.25) is 0 Å². The first-order valence-electron chi connectivity index (χ1n) is 6.09. The molecule has 1 heterocycles. The number of benzene rings is 1. The molecular formula is C14H14BrFN2O2. The van der Waals surface area contributed by atoms with E-state index in [1.54, 1.807) is 6.07 Å². The molecule has 1 aromatic carbocycles. The number of rotatable bonds is 3. The van der Waals surface area contributed by atoms with E-state index in [4.69, 9.17) is 9.59 Å². The molecule has 2 rings (SSSR count). The van der Waals surface area contributed by atoms with Crippen molar-refractivity contribution in [3.63, 3.8) is 0 Å². The van der Waals surface area contributed by atoms with Gasteiger partial charge in [0, 0.05) is 17.1 Å². The van der Waals surface area contributed by atoms with Gasteiger partial charge in [0.1, 0.15) is 11.6 Å². The van der Waals surface area contributed by atoms with Crippen LogP contribution in [0.25, 0.3) is 5.69 Å². The fourth-order valence-corrected chi connectivity index (χ4v) is 2.11. The molecule has 0 aliphatic carbocycles. The molecule has 6 heteroatoms. The van der Waals surface area contributed by atoms with Crippen LogP contribution in [0.5, 0.6) is 0 Å². The van der Waals surface area contributed by atoms with E-state index in [9.17, 15) is 4.39 Å². The zero-order valence-corrected chi connectivity index (χ0v) is 12.8. The van der Waals surface area contributed by atoms with Crippen LogP contribution in [0.15, 0.2) is 28.9 Å². The molecule has 0 saturated heterocycles. The quantitative estimate of drug-likeness (QED) is 0.861. The Morgan fingerprint density at radius 1 is 1.30 bits per heavy atom. The van der Waals surface area contributed by atoms with Crippen molar-refractivity contribution in [2.45, 2.75) is 26.7 Å². The van der Waals surface area contributed by atoms with Crippen molar-refractivity contribution in [1.29, 1.82) is 0 Å². The van der Waals surface area contributed by atoms with Crippen molar-refractivity contribution in [3.05, 3.63) is 46.2 Å². The second-order valence-electron chi connectivity index (χ2n) is 3.90. The SMILES string of the molecule is CCc1cn(-c2ccc(Br)cc2F)c(CC)n1.O=C=O. The Kier molecular flexibility index (Phi) is 6.28. The molecule has 0 fully saturated rings. The Hall–Kier alpha value is -1.78. The molecule has 0 saturated carbocycles. The minimum absolute atomic E-state index is 0.242. The standard InChI is InChI=1S/C13H14BrFN2.CO2/c1-3-10-8-17(13(4-2)16-10)12-6-5-9(14)7-11(12)15;2-1-3/h5-8H,3-4H2,1-2H3;. The number of hydrogen-bond acceptors (Lipinski definition) is 3. The smallest absolute Gasteiger partial charge is 0.301 e. The van der Waals surface area contributed by atoms with Crippen LogP contribution in [0, 0.1) is 5.82 Å². The van der Waals surface area contributed by atoms with Crippen molar-refractivity contribution in [2.75, 3.05) is 0 Å². The predicted octanol–water partition coefficient (Wildman–Crippen LogP) is 3.32. The molecule has 0 atom stereocenters. The van der Waals surface area contributed by atoms with Gasteiger partial charge < -0.3 is 4.57 Å². The third-order valence-electron chi connectivity index (χ3n) is 2.68. The zero-order valence-electron chi connectivity index (χ0n) is 11.2. The Labute approximate surface area is 124 Å². The molecule has 0 bridgehead atoms. The molecule has 0 N–H and O–H groups in total. The van der Waals surface area contributed by atoms with E-state index in [2.05, 4.69) is 20.9 Å². The maximum atomic E-state index is 13.9.